The minimum atomic E-state index is -4.04. The molecule has 0 radical (unpaired) electrons. The molecule has 9 heteroatoms. The highest BCUT2D eigenvalue weighted by Gasteiger charge is 2.40. The summed E-state index contributed by atoms with van der Waals surface area (Å²) in [6.07, 6.45) is -0.555. The minimum absolute atomic E-state index is 0.0446. The molecule has 1 heterocycles. The van der Waals surface area contributed by atoms with E-state index in [4.69, 9.17) is 4.74 Å². The van der Waals surface area contributed by atoms with E-state index in [-0.39, 0.29) is 36.9 Å². The third-order valence-electron chi connectivity index (χ3n) is 4.29. The van der Waals surface area contributed by atoms with Gasteiger partial charge in [0.2, 0.25) is 10.0 Å². The number of aliphatic carboxylic acids is 1. The van der Waals surface area contributed by atoms with Crippen molar-refractivity contribution in [1.29, 1.82) is 0 Å². The summed E-state index contributed by atoms with van der Waals surface area (Å²) < 4.78 is 31.9. The van der Waals surface area contributed by atoms with E-state index in [2.05, 4.69) is 17.2 Å². The molecule has 1 aromatic carbocycles. The lowest BCUT2D eigenvalue weighted by atomic mass is 10.0. The molecule has 1 aromatic rings. The number of hydrogen-bond acceptors (Lipinski definition) is 6. The predicted molar refractivity (Wildman–Crippen MR) is 98.8 cm³/mol. The second kappa shape index (κ2) is 9.19. The second-order valence-electron chi connectivity index (χ2n) is 6.25. The lowest BCUT2D eigenvalue weighted by Crippen LogP contribution is -2.51. The number of piperidine rings is 1. The number of β-amino-alcohol motifs (C(OH)–C–C–N with tert-alkyl or cyclic N) is 1. The van der Waals surface area contributed by atoms with Crippen LogP contribution >= 0.6 is 0 Å². The zero-order valence-corrected chi connectivity index (χ0v) is 16.1. The van der Waals surface area contributed by atoms with Gasteiger partial charge < -0.3 is 20.3 Å². The molecule has 1 aliphatic heterocycles. The summed E-state index contributed by atoms with van der Waals surface area (Å²) in [6.45, 7) is 1.84. The van der Waals surface area contributed by atoms with Crippen molar-refractivity contribution >= 4 is 16.0 Å². The van der Waals surface area contributed by atoms with Crippen molar-refractivity contribution in [3.63, 3.8) is 0 Å². The van der Waals surface area contributed by atoms with Crippen LogP contribution in [0.2, 0.25) is 0 Å². The molecule has 0 aromatic heterocycles. The van der Waals surface area contributed by atoms with Crippen LogP contribution < -0.4 is 10.1 Å². The molecule has 0 spiro atoms. The van der Waals surface area contributed by atoms with Crippen molar-refractivity contribution in [3.05, 3.63) is 24.3 Å². The van der Waals surface area contributed by atoms with Crippen molar-refractivity contribution in [2.45, 2.75) is 42.8 Å². The minimum Gasteiger partial charge on any atom is -0.481 e. The normalized spacial score (nSPS) is 21.7. The molecule has 3 atom stereocenters. The van der Waals surface area contributed by atoms with E-state index in [1.54, 1.807) is 7.05 Å². The number of rotatable bonds is 6. The van der Waals surface area contributed by atoms with Crippen LogP contribution in [0.5, 0.6) is 5.75 Å². The number of carboxylic acid groups (broad SMARTS) is 1. The number of carbonyl (C=O) groups is 1. The molecule has 148 valence electrons. The first-order valence-corrected chi connectivity index (χ1v) is 10.0. The van der Waals surface area contributed by atoms with Gasteiger partial charge >= 0.3 is 5.97 Å². The van der Waals surface area contributed by atoms with E-state index < -0.39 is 28.1 Å². The zero-order valence-electron chi connectivity index (χ0n) is 15.3. The van der Waals surface area contributed by atoms with Gasteiger partial charge in [-0.05, 0) is 51.1 Å². The summed E-state index contributed by atoms with van der Waals surface area (Å²) in [5.74, 6) is 5.01. The van der Waals surface area contributed by atoms with Gasteiger partial charge in [0, 0.05) is 6.54 Å². The van der Waals surface area contributed by atoms with Gasteiger partial charge in [-0.15, -0.1) is 0 Å². The molecule has 3 N–H and O–H groups in total. The van der Waals surface area contributed by atoms with Crippen LogP contribution in [0.1, 0.15) is 19.8 Å². The van der Waals surface area contributed by atoms with Gasteiger partial charge in [0.25, 0.3) is 0 Å². The Balaban J connectivity index is 2.11. The average molecular weight is 396 g/mol. The Kier molecular flexibility index (Phi) is 7.21. The molecule has 0 saturated carbocycles. The number of hydrogen-bond donors (Lipinski definition) is 3. The van der Waals surface area contributed by atoms with Crippen molar-refractivity contribution in [2.75, 3.05) is 20.2 Å². The topological polar surface area (TPSA) is 116 Å². The van der Waals surface area contributed by atoms with E-state index in [1.807, 2.05) is 6.92 Å². The Morgan fingerprint density at radius 2 is 2.04 bits per heavy atom. The molecule has 0 amide bonds. The molecule has 27 heavy (non-hydrogen) atoms. The number of carboxylic acids is 1. The summed E-state index contributed by atoms with van der Waals surface area (Å²) in [7, 11) is -2.24. The van der Waals surface area contributed by atoms with E-state index in [0.29, 0.717) is 5.75 Å². The largest absolute Gasteiger partial charge is 0.481 e. The summed E-state index contributed by atoms with van der Waals surface area (Å²) in [5.41, 5.74) is 0. The first-order valence-electron chi connectivity index (χ1n) is 8.57. The zero-order chi connectivity index (χ0) is 20.0. The van der Waals surface area contributed by atoms with Gasteiger partial charge in [-0.3, -0.25) is 4.79 Å². The molecule has 8 nitrogen and oxygen atoms in total. The van der Waals surface area contributed by atoms with E-state index in [0.717, 1.165) is 4.31 Å². The molecule has 1 aliphatic rings. The van der Waals surface area contributed by atoms with Crippen molar-refractivity contribution < 1.29 is 28.2 Å². The Morgan fingerprint density at radius 1 is 1.37 bits per heavy atom. The van der Waals surface area contributed by atoms with Gasteiger partial charge in [0.15, 0.2) is 0 Å². The molecule has 2 rings (SSSR count). The highest BCUT2D eigenvalue weighted by molar-refractivity contribution is 7.89. The third-order valence-corrected chi connectivity index (χ3v) is 6.18. The highest BCUT2D eigenvalue weighted by atomic mass is 32.2. The Morgan fingerprint density at radius 3 is 2.63 bits per heavy atom. The van der Waals surface area contributed by atoms with Gasteiger partial charge in [-0.25, -0.2) is 8.42 Å². The fourth-order valence-electron chi connectivity index (χ4n) is 2.66. The lowest BCUT2D eigenvalue weighted by Gasteiger charge is -2.34. The maximum Gasteiger partial charge on any atom is 0.322 e. The van der Waals surface area contributed by atoms with Crippen LogP contribution in [0.3, 0.4) is 0 Å². The van der Waals surface area contributed by atoms with Crippen molar-refractivity contribution in [1.82, 2.24) is 9.62 Å². The van der Waals surface area contributed by atoms with Gasteiger partial charge in [-0.2, -0.15) is 4.31 Å². The number of aliphatic hydroxyl groups is 1. The molecule has 0 bridgehead atoms. The standard InChI is InChI=1S/C18H24N2O6S/c1-13(19-2)4-3-11-26-15-6-8-16(9-7-15)27(24,25)20-12-14(21)5-10-17(20)18(22)23/h6-9,13-14,17,19,21H,5,10-12H2,1-2H3,(H,22,23). The monoisotopic (exact) mass is 396 g/mol. The number of benzene rings is 1. The number of nitrogens with one attached hydrogen (secondary N) is 1. The first kappa shape index (κ1) is 21.2. The summed E-state index contributed by atoms with van der Waals surface area (Å²) >= 11 is 0. The maximum absolute atomic E-state index is 12.8. The molecular weight excluding hydrogens is 372 g/mol. The van der Waals surface area contributed by atoms with Crippen LogP contribution in [0.15, 0.2) is 29.2 Å². The molecule has 1 saturated heterocycles. The van der Waals surface area contributed by atoms with E-state index >= 15 is 0 Å². The van der Waals surface area contributed by atoms with Gasteiger partial charge in [0.1, 0.15) is 18.4 Å². The second-order valence-corrected chi connectivity index (χ2v) is 8.14. The fourth-order valence-corrected chi connectivity index (χ4v) is 4.31. The number of nitrogens with zero attached hydrogens (tertiary/aromatic N) is 1. The third kappa shape index (κ3) is 5.43. The number of aliphatic hydroxyl groups excluding tert-OH is 1. The van der Waals surface area contributed by atoms with Crippen LogP contribution in [0.4, 0.5) is 0 Å². The van der Waals surface area contributed by atoms with Crippen molar-refractivity contribution in [2.24, 2.45) is 0 Å². The van der Waals surface area contributed by atoms with Gasteiger partial charge in [0.05, 0.1) is 17.0 Å². The SMILES string of the molecule is CNC(C)C#CCOc1ccc(S(=O)(=O)N2CC(O)CCC2C(=O)O)cc1. The Hall–Kier alpha value is -2.12. The van der Waals surface area contributed by atoms with Crippen molar-refractivity contribution in [3.8, 4) is 17.6 Å². The maximum atomic E-state index is 12.8. The quantitative estimate of drug-likeness (QED) is 0.591. The first-order chi connectivity index (χ1) is 12.8. The van der Waals surface area contributed by atoms with E-state index in [9.17, 15) is 23.4 Å². The van der Waals surface area contributed by atoms with Crippen LogP contribution in [-0.2, 0) is 14.8 Å². The fraction of sp³-hybridized carbons (Fsp3) is 0.500. The number of sulfonamides is 1. The lowest BCUT2D eigenvalue weighted by molar-refractivity contribution is -0.143. The molecule has 0 aliphatic carbocycles. The number of ether oxygens (including phenoxy) is 1. The van der Waals surface area contributed by atoms with Gasteiger partial charge in [-0.1, -0.05) is 11.8 Å². The smallest absolute Gasteiger partial charge is 0.322 e. The average Bonchev–Trinajstić information content (AvgIpc) is 2.65. The summed E-state index contributed by atoms with van der Waals surface area (Å²) in [6, 6.07) is 4.56. The molecular formula is C18H24N2O6S. The van der Waals surface area contributed by atoms with E-state index in [1.165, 1.54) is 24.3 Å². The van der Waals surface area contributed by atoms with Crippen LogP contribution in [0, 0.1) is 11.8 Å². The summed E-state index contributed by atoms with van der Waals surface area (Å²) in [4.78, 5) is 11.3. The Bertz CT molecular complexity index is 812. The Labute approximate surface area is 159 Å². The molecule has 1 fully saturated rings. The van der Waals surface area contributed by atoms with Crippen LogP contribution in [-0.4, -0.2) is 67.3 Å². The predicted octanol–water partition coefficient (Wildman–Crippen LogP) is 0.275. The summed E-state index contributed by atoms with van der Waals surface area (Å²) in [5, 5.41) is 22.0. The molecule has 3 unspecified atom stereocenters. The van der Waals surface area contributed by atoms with Crippen LogP contribution in [0.25, 0.3) is 0 Å². The highest BCUT2D eigenvalue weighted by Crippen LogP contribution is 2.27.